The van der Waals surface area contributed by atoms with E-state index in [9.17, 15) is 4.57 Å². The molecule has 0 heterocycles. The zero-order valence-electron chi connectivity index (χ0n) is 11.2. The van der Waals surface area contributed by atoms with E-state index >= 15 is 0 Å². The maximum absolute atomic E-state index is 12.3. The number of para-hydroxylation sites is 1. The Morgan fingerprint density at radius 2 is 2.05 bits per heavy atom. The highest BCUT2D eigenvalue weighted by Crippen LogP contribution is 2.34. The Hall–Kier alpha value is -1.70. The quantitative estimate of drug-likeness (QED) is 0.566. The molecule has 0 N–H and O–H groups in total. The van der Waals surface area contributed by atoms with Gasteiger partial charge in [-0.15, -0.1) is 0 Å². The molecule has 0 aliphatic heterocycles. The molecule has 1 aromatic carbocycles. The summed E-state index contributed by atoms with van der Waals surface area (Å²) in [6.45, 7) is 4.38. The van der Waals surface area contributed by atoms with E-state index in [4.69, 9.17) is 9.47 Å². The summed E-state index contributed by atoms with van der Waals surface area (Å²) in [5.41, 5.74) is 0. The number of methoxy groups -OCH3 is 2. The molecule has 0 fully saturated rings. The molecule has 100 valence electrons. The molecule has 0 saturated heterocycles. The van der Waals surface area contributed by atoms with E-state index in [1.165, 1.54) is 0 Å². The summed E-state index contributed by atoms with van der Waals surface area (Å²) >= 11 is 0. The third kappa shape index (κ3) is 4.82. The Morgan fingerprint density at radius 3 is 2.74 bits per heavy atom. The SMILES string of the molecule is C=C(/C=C\C=C/COC)[P+](=O)c1ccccc1OC. The van der Waals surface area contributed by atoms with Crippen molar-refractivity contribution in [1.29, 1.82) is 0 Å². The first-order valence-corrected chi connectivity index (χ1v) is 7.08. The van der Waals surface area contributed by atoms with Crippen LogP contribution in [0.2, 0.25) is 0 Å². The number of benzene rings is 1. The van der Waals surface area contributed by atoms with Crippen LogP contribution in [0.5, 0.6) is 5.75 Å². The maximum atomic E-state index is 12.3. The van der Waals surface area contributed by atoms with Crippen molar-refractivity contribution in [3.05, 3.63) is 60.5 Å². The normalized spacial score (nSPS) is 12.0. The van der Waals surface area contributed by atoms with Gasteiger partial charge in [-0.25, -0.2) is 0 Å². The Bertz CT molecular complexity index is 504. The molecule has 1 aromatic rings. The highest BCUT2D eigenvalue weighted by atomic mass is 31.1. The molecule has 0 spiro atoms. The molecule has 3 nitrogen and oxygen atoms in total. The second-order valence-corrected chi connectivity index (χ2v) is 5.35. The topological polar surface area (TPSA) is 35.5 Å². The second kappa shape index (κ2) is 8.41. The first kappa shape index (κ1) is 15.4. The molecular weight excluding hydrogens is 259 g/mol. The van der Waals surface area contributed by atoms with Crippen LogP contribution < -0.4 is 10.0 Å². The van der Waals surface area contributed by atoms with E-state index < -0.39 is 7.80 Å². The predicted molar refractivity (Wildman–Crippen MR) is 79.5 cm³/mol. The Morgan fingerprint density at radius 1 is 1.32 bits per heavy atom. The molecular formula is C15H18O3P+. The third-order valence-electron chi connectivity index (χ3n) is 2.36. The molecule has 1 rings (SSSR count). The molecule has 1 atom stereocenters. The summed E-state index contributed by atoms with van der Waals surface area (Å²) < 4.78 is 22.4. The van der Waals surface area contributed by atoms with Gasteiger partial charge in [0.2, 0.25) is 5.30 Å². The number of ether oxygens (including phenoxy) is 2. The number of allylic oxidation sites excluding steroid dienone is 4. The average molecular weight is 277 g/mol. The lowest BCUT2D eigenvalue weighted by Gasteiger charge is -1.98. The molecule has 0 aliphatic rings. The van der Waals surface area contributed by atoms with Crippen molar-refractivity contribution in [1.82, 2.24) is 0 Å². The van der Waals surface area contributed by atoms with Gasteiger partial charge in [0.1, 0.15) is 0 Å². The lowest BCUT2D eigenvalue weighted by atomic mass is 10.3. The smallest absolute Gasteiger partial charge is 0.418 e. The largest absolute Gasteiger partial charge is 0.492 e. The van der Waals surface area contributed by atoms with Crippen LogP contribution >= 0.6 is 7.80 Å². The lowest BCUT2D eigenvalue weighted by Crippen LogP contribution is -2.01. The van der Waals surface area contributed by atoms with Gasteiger partial charge >= 0.3 is 7.80 Å². The first-order valence-electron chi connectivity index (χ1n) is 5.82. The van der Waals surface area contributed by atoms with Crippen LogP contribution in [-0.2, 0) is 9.30 Å². The molecule has 0 amide bonds. The van der Waals surface area contributed by atoms with Gasteiger partial charge in [0, 0.05) is 7.11 Å². The van der Waals surface area contributed by atoms with Crippen LogP contribution in [0.4, 0.5) is 0 Å². The number of hydrogen-bond acceptors (Lipinski definition) is 3. The van der Waals surface area contributed by atoms with Gasteiger partial charge in [-0.2, -0.15) is 0 Å². The summed E-state index contributed by atoms with van der Waals surface area (Å²) in [4.78, 5) is 0. The van der Waals surface area contributed by atoms with Crippen molar-refractivity contribution in [3.8, 4) is 5.75 Å². The van der Waals surface area contributed by atoms with E-state index in [1.807, 2.05) is 24.3 Å². The molecule has 0 bridgehead atoms. The van der Waals surface area contributed by atoms with Crippen LogP contribution in [0.25, 0.3) is 0 Å². The third-order valence-corrected chi connectivity index (χ3v) is 3.84. The van der Waals surface area contributed by atoms with Crippen molar-refractivity contribution in [3.63, 3.8) is 0 Å². The Labute approximate surface area is 115 Å². The Kier molecular flexibility index (Phi) is 6.80. The monoisotopic (exact) mass is 277 g/mol. The van der Waals surface area contributed by atoms with E-state index in [1.54, 1.807) is 38.5 Å². The lowest BCUT2D eigenvalue weighted by molar-refractivity contribution is 0.234. The van der Waals surface area contributed by atoms with Gasteiger partial charge in [0.05, 0.1) is 13.7 Å². The standard InChI is InChI=1S/C15H18O3P/c1-13(9-5-4-8-12-17-2)19(16)15-11-7-6-10-14(15)18-3/h4-11H,1,12H2,2-3H3/q+1/b8-4-,9-5-. The molecule has 0 saturated carbocycles. The Balaban J connectivity index is 2.74. The highest BCUT2D eigenvalue weighted by molar-refractivity contribution is 7.58. The van der Waals surface area contributed by atoms with Gasteiger partial charge in [-0.3, -0.25) is 0 Å². The molecule has 1 unspecified atom stereocenters. The van der Waals surface area contributed by atoms with Crippen molar-refractivity contribution in [2.75, 3.05) is 20.8 Å². The average Bonchev–Trinajstić information content (AvgIpc) is 2.46. The summed E-state index contributed by atoms with van der Waals surface area (Å²) in [5, 5.41) is 1.22. The van der Waals surface area contributed by atoms with Gasteiger partial charge in [-0.05, 0) is 24.8 Å². The minimum absolute atomic E-state index is 0.551. The number of rotatable bonds is 7. The van der Waals surface area contributed by atoms with Crippen LogP contribution in [0.3, 0.4) is 0 Å². The van der Waals surface area contributed by atoms with E-state index in [2.05, 4.69) is 6.58 Å². The van der Waals surface area contributed by atoms with E-state index in [0.717, 1.165) is 0 Å². The van der Waals surface area contributed by atoms with E-state index in [0.29, 0.717) is 23.0 Å². The molecule has 0 aliphatic carbocycles. The fraction of sp³-hybridized carbons (Fsp3) is 0.200. The number of hydrogen-bond donors (Lipinski definition) is 0. The van der Waals surface area contributed by atoms with Gasteiger partial charge in [0.25, 0.3) is 0 Å². The zero-order valence-corrected chi connectivity index (χ0v) is 12.1. The summed E-state index contributed by atoms with van der Waals surface area (Å²) in [6.07, 6.45) is 7.22. The second-order valence-electron chi connectivity index (χ2n) is 3.70. The van der Waals surface area contributed by atoms with Crippen molar-refractivity contribution in [2.45, 2.75) is 0 Å². The predicted octanol–water partition coefficient (Wildman–Crippen LogP) is 3.42. The summed E-state index contributed by atoms with van der Waals surface area (Å²) in [5.74, 6) is 0.619. The molecule has 0 radical (unpaired) electrons. The van der Waals surface area contributed by atoms with Crippen molar-refractivity contribution in [2.24, 2.45) is 0 Å². The fourth-order valence-electron chi connectivity index (χ4n) is 1.42. The van der Waals surface area contributed by atoms with Gasteiger partial charge in [0.15, 0.2) is 11.1 Å². The van der Waals surface area contributed by atoms with Crippen LogP contribution in [0, 0.1) is 0 Å². The first-order chi connectivity index (χ1) is 9.20. The van der Waals surface area contributed by atoms with Gasteiger partial charge in [-0.1, -0.05) is 34.9 Å². The summed E-state index contributed by atoms with van der Waals surface area (Å²) in [6, 6.07) is 7.26. The van der Waals surface area contributed by atoms with Crippen LogP contribution in [0.15, 0.2) is 60.5 Å². The minimum atomic E-state index is -1.71. The van der Waals surface area contributed by atoms with Crippen molar-refractivity contribution < 1.29 is 14.0 Å². The van der Waals surface area contributed by atoms with Gasteiger partial charge < -0.3 is 9.47 Å². The van der Waals surface area contributed by atoms with Crippen LogP contribution in [0.1, 0.15) is 0 Å². The molecule has 4 heteroatoms. The molecule has 0 aromatic heterocycles. The fourth-order valence-corrected chi connectivity index (χ4v) is 2.54. The van der Waals surface area contributed by atoms with Crippen LogP contribution in [-0.4, -0.2) is 20.8 Å². The maximum Gasteiger partial charge on any atom is 0.418 e. The van der Waals surface area contributed by atoms with E-state index in [-0.39, 0.29) is 0 Å². The minimum Gasteiger partial charge on any atom is -0.492 e. The summed E-state index contributed by atoms with van der Waals surface area (Å²) in [7, 11) is 1.48. The van der Waals surface area contributed by atoms with Crippen molar-refractivity contribution >= 4 is 13.1 Å². The zero-order chi connectivity index (χ0) is 14.1. The molecule has 19 heavy (non-hydrogen) atoms. The highest BCUT2D eigenvalue weighted by Gasteiger charge is 2.26.